The summed E-state index contributed by atoms with van der Waals surface area (Å²) >= 11 is 0. The summed E-state index contributed by atoms with van der Waals surface area (Å²) in [5, 5.41) is 0. The second kappa shape index (κ2) is 6.24. The Morgan fingerprint density at radius 2 is 1.75 bits per heavy atom. The molecule has 1 aromatic carbocycles. The van der Waals surface area contributed by atoms with E-state index in [0.717, 1.165) is 12.8 Å². The quantitative estimate of drug-likeness (QED) is 0.351. The Bertz CT molecular complexity index is 512. The number of ether oxygens (including phenoxy) is 1. The van der Waals surface area contributed by atoms with E-state index in [9.17, 15) is 22.4 Å². The fourth-order valence-electron chi connectivity index (χ4n) is 1.81. The zero-order valence-electron chi connectivity index (χ0n) is 11.5. The Hall–Kier alpha value is -1.59. The van der Waals surface area contributed by atoms with Crippen LogP contribution in [-0.4, -0.2) is 12.6 Å². The first-order chi connectivity index (χ1) is 9.19. The molecule has 2 nitrogen and oxygen atoms in total. The molecule has 0 saturated heterocycles. The summed E-state index contributed by atoms with van der Waals surface area (Å²) in [6.07, 6.45) is 1.62. The van der Waals surface area contributed by atoms with Gasteiger partial charge >= 0.3 is 5.97 Å². The van der Waals surface area contributed by atoms with Gasteiger partial charge < -0.3 is 4.74 Å². The lowest BCUT2D eigenvalue weighted by Crippen LogP contribution is -2.22. The first-order valence-corrected chi connectivity index (χ1v) is 6.19. The smallest absolute Gasteiger partial charge is 0.341 e. The highest BCUT2D eigenvalue weighted by Crippen LogP contribution is 2.24. The fourth-order valence-corrected chi connectivity index (χ4v) is 1.81. The highest BCUT2D eigenvalue weighted by Gasteiger charge is 2.26. The van der Waals surface area contributed by atoms with E-state index in [0.29, 0.717) is 6.07 Å². The summed E-state index contributed by atoms with van der Waals surface area (Å²) in [5.74, 6) is -8.58. The SMILES string of the molecule is CCCC(C)(C)COC(=O)c1cc(F)c(F)c(F)c1F. The van der Waals surface area contributed by atoms with Crippen LogP contribution in [0.2, 0.25) is 0 Å². The average molecular weight is 292 g/mol. The number of carbonyl (C=O) groups excluding carboxylic acids is 1. The summed E-state index contributed by atoms with van der Waals surface area (Å²) in [6, 6.07) is 0.295. The highest BCUT2D eigenvalue weighted by molar-refractivity contribution is 5.89. The molecule has 0 saturated carbocycles. The van der Waals surface area contributed by atoms with Crippen LogP contribution in [0.1, 0.15) is 44.0 Å². The predicted octanol–water partition coefficient (Wildman–Crippen LogP) is 4.23. The number of carbonyl (C=O) groups is 1. The van der Waals surface area contributed by atoms with Gasteiger partial charge in [-0.25, -0.2) is 22.4 Å². The normalized spacial score (nSPS) is 11.6. The molecule has 6 heteroatoms. The van der Waals surface area contributed by atoms with E-state index in [4.69, 9.17) is 4.74 Å². The van der Waals surface area contributed by atoms with Crippen molar-refractivity contribution >= 4 is 5.97 Å². The minimum Gasteiger partial charge on any atom is -0.461 e. The second-order valence-electron chi connectivity index (χ2n) is 5.34. The summed E-state index contributed by atoms with van der Waals surface area (Å²) < 4.78 is 57.0. The number of rotatable bonds is 5. The number of hydrogen-bond donors (Lipinski definition) is 0. The fraction of sp³-hybridized carbons (Fsp3) is 0.500. The lowest BCUT2D eigenvalue weighted by Gasteiger charge is -2.23. The van der Waals surface area contributed by atoms with Gasteiger partial charge in [0.05, 0.1) is 6.61 Å². The molecular weight excluding hydrogens is 276 g/mol. The molecule has 0 spiro atoms. The molecule has 0 radical (unpaired) electrons. The van der Waals surface area contributed by atoms with Crippen LogP contribution in [0.5, 0.6) is 0 Å². The molecule has 0 fully saturated rings. The molecule has 0 aliphatic rings. The van der Waals surface area contributed by atoms with Gasteiger partial charge in [-0.15, -0.1) is 0 Å². The maximum absolute atomic E-state index is 13.4. The molecule has 0 aliphatic carbocycles. The third-order valence-corrected chi connectivity index (χ3v) is 2.84. The van der Waals surface area contributed by atoms with E-state index in [-0.39, 0.29) is 12.0 Å². The van der Waals surface area contributed by atoms with Crippen molar-refractivity contribution in [2.45, 2.75) is 33.6 Å². The standard InChI is InChI=1S/C14H16F4O2/c1-4-5-14(2,3)7-20-13(19)8-6-9(15)11(17)12(18)10(8)16/h6H,4-5,7H2,1-3H3. The first kappa shape index (κ1) is 16.5. The van der Waals surface area contributed by atoms with Gasteiger partial charge in [0.1, 0.15) is 5.56 Å². The third-order valence-electron chi connectivity index (χ3n) is 2.84. The van der Waals surface area contributed by atoms with Crippen molar-refractivity contribution in [2.75, 3.05) is 6.61 Å². The average Bonchev–Trinajstić information content (AvgIpc) is 2.38. The Labute approximate surface area is 114 Å². The summed E-state index contributed by atoms with van der Waals surface area (Å²) in [4.78, 5) is 11.6. The van der Waals surface area contributed by atoms with Crippen LogP contribution in [0.15, 0.2) is 6.07 Å². The van der Waals surface area contributed by atoms with Crippen molar-refractivity contribution in [3.05, 3.63) is 34.9 Å². The third kappa shape index (κ3) is 3.71. The maximum Gasteiger partial charge on any atom is 0.341 e. The van der Waals surface area contributed by atoms with Crippen LogP contribution in [0.3, 0.4) is 0 Å². The Kier molecular flexibility index (Phi) is 5.14. The van der Waals surface area contributed by atoms with Crippen molar-refractivity contribution in [2.24, 2.45) is 5.41 Å². The van der Waals surface area contributed by atoms with Crippen molar-refractivity contribution < 1.29 is 27.1 Å². The highest BCUT2D eigenvalue weighted by atomic mass is 19.2. The van der Waals surface area contributed by atoms with Crippen LogP contribution < -0.4 is 0 Å². The number of benzene rings is 1. The van der Waals surface area contributed by atoms with Crippen LogP contribution in [0, 0.1) is 28.7 Å². The van der Waals surface area contributed by atoms with Crippen molar-refractivity contribution in [1.82, 2.24) is 0 Å². The predicted molar refractivity (Wildman–Crippen MR) is 65.2 cm³/mol. The van der Waals surface area contributed by atoms with Crippen LogP contribution >= 0.6 is 0 Å². The Morgan fingerprint density at radius 1 is 1.15 bits per heavy atom. The second-order valence-corrected chi connectivity index (χ2v) is 5.34. The number of esters is 1. The monoisotopic (exact) mass is 292 g/mol. The van der Waals surface area contributed by atoms with Crippen molar-refractivity contribution in [3.63, 3.8) is 0 Å². The molecule has 112 valence electrons. The van der Waals surface area contributed by atoms with Gasteiger partial charge in [-0.3, -0.25) is 0 Å². The topological polar surface area (TPSA) is 26.3 Å². The molecule has 20 heavy (non-hydrogen) atoms. The van der Waals surface area contributed by atoms with E-state index < -0.39 is 34.8 Å². The van der Waals surface area contributed by atoms with Gasteiger partial charge in [0.2, 0.25) is 0 Å². The minimum atomic E-state index is -2.02. The van der Waals surface area contributed by atoms with Gasteiger partial charge in [0.25, 0.3) is 0 Å². The Balaban J connectivity index is 2.89. The van der Waals surface area contributed by atoms with Gasteiger partial charge in [0, 0.05) is 0 Å². The molecule has 1 aromatic rings. The molecule has 0 amide bonds. The van der Waals surface area contributed by atoms with Crippen LogP contribution in [-0.2, 0) is 4.74 Å². The summed E-state index contributed by atoms with van der Waals surface area (Å²) in [7, 11) is 0. The van der Waals surface area contributed by atoms with Gasteiger partial charge in [-0.1, -0.05) is 27.2 Å². The van der Waals surface area contributed by atoms with E-state index in [1.165, 1.54) is 0 Å². The van der Waals surface area contributed by atoms with Crippen molar-refractivity contribution in [1.29, 1.82) is 0 Å². The van der Waals surface area contributed by atoms with E-state index in [1.54, 1.807) is 0 Å². The minimum absolute atomic E-state index is 0.0280. The molecule has 0 aliphatic heterocycles. The largest absolute Gasteiger partial charge is 0.461 e. The lowest BCUT2D eigenvalue weighted by molar-refractivity contribution is 0.0319. The molecule has 0 unspecified atom stereocenters. The van der Waals surface area contributed by atoms with Gasteiger partial charge in [-0.2, -0.15) is 0 Å². The van der Waals surface area contributed by atoms with E-state index >= 15 is 0 Å². The zero-order valence-corrected chi connectivity index (χ0v) is 11.5. The molecule has 0 aromatic heterocycles. The molecule has 1 rings (SSSR count). The molecular formula is C14H16F4O2. The van der Waals surface area contributed by atoms with Crippen LogP contribution in [0.25, 0.3) is 0 Å². The summed E-state index contributed by atoms with van der Waals surface area (Å²) in [5.41, 5.74) is -1.29. The summed E-state index contributed by atoms with van der Waals surface area (Å²) in [6.45, 7) is 5.60. The molecule has 0 bridgehead atoms. The lowest BCUT2D eigenvalue weighted by atomic mass is 9.89. The van der Waals surface area contributed by atoms with Crippen LogP contribution in [0.4, 0.5) is 17.6 Å². The van der Waals surface area contributed by atoms with Gasteiger partial charge in [-0.05, 0) is 17.9 Å². The first-order valence-electron chi connectivity index (χ1n) is 6.19. The Morgan fingerprint density at radius 3 is 2.30 bits per heavy atom. The zero-order chi connectivity index (χ0) is 15.5. The molecule has 0 N–H and O–H groups in total. The van der Waals surface area contributed by atoms with E-state index in [2.05, 4.69) is 0 Å². The van der Waals surface area contributed by atoms with E-state index in [1.807, 2.05) is 20.8 Å². The molecule has 0 heterocycles. The van der Waals surface area contributed by atoms with Crippen molar-refractivity contribution in [3.8, 4) is 0 Å². The number of hydrogen-bond acceptors (Lipinski definition) is 2. The number of halogens is 4. The maximum atomic E-state index is 13.4. The van der Waals surface area contributed by atoms with Gasteiger partial charge in [0.15, 0.2) is 23.3 Å². The molecule has 0 atom stereocenters.